The largest absolute Gasteiger partial charge is 0.354 e. The summed E-state index contributed by atoms with van der Waals surface area (Å²) in [5, 5.41) is 3.06. The molecule has 0 aliphatic heterocycles. The van der Waals surface area contributed by atoms with Crippen LogP contribution in [0, 0.1) is 6.92 Å². The number of benzene rings is 1. The van der Waals surface area contributed by atoms with Gasteiger partial charge in [-0.3, -0.25) is 4.79 Å². The quantitative estimate of drug-likeness (QED) is 0.887. The topological polar surface area (TPSA) is 55.1 Å². The van der Waals surface area contributed by atoms with Gasteiger partial charge in [0.25, 0.3) is 0 Å². The number of rotatable bonds is 4. The second-order valence-corrected chi connectivity index (χ2v) is 6.83. The molecule has 1 aromatic carbocycles. The monoisotopic (exact) mass is 274 g/mol. The van der Waals surface area contributed by atoms with Gasteiger partial charge in [0.15, 0.2) is 0 Å². The molecule has 0 unspecified atom stereocenters. The zero-order chi connectivity index (χ0) is 14.8. The summed E-state index contributed by atoms with van der Waals surface area (Å²) in [5.74, 6) is 0.138. The first-order chi connectivity index (χ1) is 9.33. The molecule has 2 rings (SSSR count). The Labute approximate surface area is 121 Å². The third-order valence-corrected chi connectivity index (χ3v) is 4.17. The van der Waals surface area contributed by atoms with Crippen molar-refractivity contribution in [2.45, 2.75) is 57.4 Å². The molecule has 3 nitrogen and oxygen atoms in total. The van der Waals surface area contributed by atoms with E-state index in [1.54, 1.807) is 0 Å². The van der Waals surface area contributed by atoms with E-state index >= 15 is 0 Å². The molecular formula is C17H26N2O. The van der Waals surface area contributed by atoms with Crippen LogP contribution in [0.25, 0.3) is 0 Å². The second kappa shape index (κ2) is 5.57. The van der Waals surface area contributed by atoms with Crippen LogP contribution in [0.4, 0.5) is 0 Å². The van der Waals surface area contributed by atoms with Crippen LogP contribution in [-0.4, -0.2) is 18.0 Å². The molecule has 1 saturated carbocycles. The predicted octanol–water partition coefficient (Wildman–Crippen LogP) is 2.66. The number of aryl methyl sites for hydroxylation is 1. The number of hydrogen-bond acceptors (Lipinski definition) is 2. The molecule has 20 heavy (non-hydrogen) atoms. The molecule has 0 radical (unpaired) electrons. The molecule has 1 aromatic rings. The Bertz CT molecular complexity index is 482. The first-order valence-electron chi connectivity index (χ1n) is 7.48. The van der Waals surface area contributed by atoms with Crippen molar-refractivity contribution in [2.75, 3.05) is 6.54 Å². The molecule has 1 aliphatic rings. The van der Waals surface area contributed by atoms with Gasteiger partial charge in [0, 0.05) is 12.1 Å². The van der Waals surface area contributed by atoms with Crippen molar-refractivity contribution in [3.05, 3.63) is 35.4 Å². The van der Waals surface area contributed by atoms with E-state index < -0.39 is 0 Å². The molecule has 1 fully saturated rings. The van der Waals surface area contributed by atoms with Crippen molar-refractivity contribution in [3.8, 4) is 0 Å². The van der Waals surface area contributed by atoms with Crippen LogP contribution in [0.3, 0.4) is 0 Å². The van der Waals surface area contributed by atoms with E-state index in [2.05, 4.69) is 30.4 Å². The summed E-state index contributed by atoms with van der Waals surface area (Å²) < 4.78 is 0. The highest BCUT2D eigenvalue weighted by Crippen LogP contribution is 2.41. The second-order valence-electron chi connectivity index (χ2n) is 6.83. The summed E-state index contributed by atoms with van der Waals surface area (Å²) in [4.78, 5) is 12.8. The molecule has 0 heterocycles. The Hall–Kier alpha value is -1.35. The average Bonchev–Trinajstić information content (AvgIpc) is 2.85. The summed E-state index contributed by atoms with van der Waals surface area (Å²) >= 11 is 0. The lowest BCUT2D eigenvalue weighted by atomic mass is 9.77. The highest BCUT2D eigenvalue weighted by atomic mass is 16.2. The molecule has 0 atom stereocenters. The van der Waals surface area contributed by atoms with Gasteiger partial charge in [-0.1, -0.05) is 42.7 Å². The maximum absolute atomic E-state index is 12.8. The summed E-state index contributed by atoms with van der Waals surface area (Å²) in [6.07, 6.45) is 4.11. The van der Waals surface area contributed by atoms with Crippen LogP contribution >= 0.6 is 0 Å². The SMILES string of the molecule is Cc1cccc(C2(C(=O)NCC(C)(C)N)CCCC2)c1. The Balaban J connectivity index is 2.24. The molecule has 3 heteroatoms. The standard InChI is InChI=1S/C17H26N2O/c1-13-7-6-8-14(11-13)17(9-4-5-10-17)15(20)19-12-16(2,3)18/h6-8,11H,4-5,9-10,12,18H2,1-3H3,(H,19,20). The lowest BCUT2D eigenvalue weighted by molar-refractivity contribution is -0.126. The van der Waals surface area contributed by atoms with Crippen molar-refractivity contribution in [2.24, 2.45) is 5.73 Å². The third kappa shape index (κ3) is 3.21. The molecule has 1 aliphatic carbocycles. The highest BCUT2D eigenvalue weighted by molar-refractivity contribution is 5.88. The van der Waals surface area contributed by atoms with E-state index in [-0.39, 0.29) is 16.9 Å². The zero-order valence-electron chi connectivity index (χ0n) is 12.8. The van der Waals surface area contributed by atoms with Gasteiger partial charge in [-0.2, -0.15) is 0 Å². The van der Waals surface area contributed by atoms with Gasteiger partial charge in [0.2, 0.25) is 5.91 Å². The summed E-state index contributed by atoms with van der Waals surface area (Å²) in [5.41, 5.74) is 7.61. The van der Waals surface area contributed by atoms with Crippen molar-refractivity contribution in [3.63, 3.8) is 0 Å². The van der Waals surface area contributed by atoms with Gasteiger partial charge in [0.1, 0.15) is 0 Å². The molecule has 0 bridgehead atoms. The van der Waals surface area contributed by atoms with Crippen molar-refractivity contribution in [1.29, 1.82) is 0 Å². The normalized spacial score (nSPS) is 18.0. The number of nitrogens with one attached hydrogen (secondary N) is 1. The number of carbonyl (C=O) groups excluding carboxylic acids is 1. The minimum absolute atomic E-state index is 0.138. The van der Waals surface area contributed by atoms with E-state index in [0.717, 1.165) is 31.2 Å². The molecule has 1 amide bonds. The van der Waals surface area contributed by atoms with E-state index in [0.29, 0.717) is 6.54 Å². The lowest BCUT2D eigenvalue weighted by Gasteiger charge is -2.30. The minimum Gasteiger partial charge on any atom is -0.354 e. The fraction of sp³-hybridized carbons (Fsp3) is 0.588. The van der Waals surface area contributed by atoms with Crippen molar-refractivity contribution in [1.82, 2.24) is 5.32 Å². The Morgan fingerprint density at radius 3 is 2.55 bits per heavy atom. The van der Waals surface area contributed by atoms with Gasteiger partial charge in [-0.15, -0.1) is 0 Å². The van der Waals surface area contributed by atoms with Crippen LogP contribution in [0.15, 0.2) is 24.3 Å². The average molecular weight is 274 g/mol. The number of amides is 1. The Kier molecular flexibility index (Phi) is 4.19. The maximum atomic E-state index is 12.8. The molecule has 3 N–H and O–H groups in total. The van der Waals surface area contributed by atoms with Crippen LogP contribution in [0.1, 0.15) is 50.7 Å². The van der Waals surface area contributed by atoms with Crippen LogP contribution in [-0.2, 0) is 10.2 Å². The molecule has 0 aromatic heterocycles. The van der Waals surface area contributed by atoms with Crippen molar-refractivity contribution >= 4 is 5.91 Å². The third-order valence-electron chi connectivity index (χ3n) is 4.17. The first-order valence-corrected chi connectivity index (χ1v) is 7.48. The van der Waals surface area contributed by atoms with Gasteiger partial charge in [-0.25, -0.2) is 0 Å². The zero-order valence-corrected chi connectivity index (χ0v) is 12.8. The predicted molar refractivity (Wildman–Crippen MR) is 82.6 cm³/mol. The van der Waals surface area contributed by atoms with E-state index in [4.69, 9.17) is 5.73 Å². The Morgan fingerprint density at radius 2 is 2.00 bits per heavy atom. The van der Waals surface area contributed by atoms with Gasteiger partial charge >= 0.3 is 0 Å². The fourth-order valence-corrected chi connectivity index (χ4v) is 3.05. The molecule has 0 spiro atoms. The number of nitrogens with two attached hydrogens (primary N) is 1. The van der Waals surface area contributed by atoms with Crippen molar-refractivity contribution < 1.29 is 4.79 Å². The van der Waals surface area contributed by atoms with E-state index in [1.165, 1.54) is 5.56 Å². The highest BCUT2D eigenvalue weighted by Gasteiger charge is 2.42. The van der Waals surface area contributed by atoms with Gasteiger partial charge in [0.05, 0.1) is 5.41 Å². The number of hydrogen-bond donors (Lipinski definition) is 2. The van der Waals surface area contributed by atoms with Crippen LogP contribution in [0.2, 0.25) is 0 Å². The first kappa shape index (κ1) is 15.0. The van der Waals surface area contributed by atoms with Gasteiger partial charge < -0.3 is 11.1 Å². The van der Waals surface area contributed by atoms with E-state index in [9.17, 15) is 4.79 Å². The van der Waals surface area contributed by atoms with Gasteiger partial charge in [-0.05, 0) is 39.2 Å². The van der Waals surface area contributed by atoms with E-state index in [1.807, 2.05) is 19.9 Å². The van der Waals surface area contributed by atoms with Crippen LogP contribution in [0.5, 0.6) is 0 Å². The molecular weight excluding hydrogens is 248 g/mol. The lowest BCUT2D eigenvalue weighted by Crippen LogP contribution is -2.50. The number of carbonyl (C=O) groups is 1. The maximum Gasteiger partial charge on any atom is 0.230 e. The summed E-state index contributed by atoms with van der Waals surface area (Å²) in [6.45, 7) is 6.45. The van der Waals surface area contributed by atoms with Crippen LogP contribution < -0.4 is 11.1 Å². The smallest absolute Gasteiger partial charge is 0.230 e. The fourth-order valence-electron chi connectivity index (χ4n) is 3.05. The minimum atomic E-state index is -0.373. The molecule has 0 saturated heterocycles. The summed E-state index contributed by atoms with van der Waals surface area (Å²) in [6, 6.07) is 8.36. The summed E-state index contributed by atoms with van der Waals surface area (Å²) in [7, 11) is 0. The Morgan fingerprint density at radius 1 is 1.35 bits per heavy atom. The molecule has 110 valence electrons.